The number of anilines is 1. The van der Waals surface area contributed by atoms with Crippen molar-refractivity contribution in [3.63, 3.8) is 0 Å². The van der Waals surface area contributed by atoms with E-state index in [1.54, 1.807) is 18.6 Å². The molecule has 2 heterocycles. The average molecular weight is 279 g/mol. The van der Waals surface area contributed by atoms with Gasteiger partial charge in [0.1, 0.15) is 5.02 Å². The minimum atomic E-state index is -0.277. The van der Waals surface area contributed by atoms with E-state index in [0.717, 1.165) is 11.1 Å². The van der Waals surface area contributed by atoms with E-state index in [2.05, 4.69) is 15.4 Å². The first kappa shape index (κ1) is 13.5. The molecule has 0 spiro atoms. The lowest BCUT2D eigenvalue weighted by atomic mass is 10.1. The maximum absolute atomic E-state index is 11.8. The van der Waals surface area contributed by atoms with Crippen molar-refractivity contribution in [1.29, 1.82) is 0 Å². The summed E-state index contributed by atoms with van der Waals surface area (Å²) in [4.78, 5) is 15.9. The van der Waals surface area contributed by atoms with Gasteiger partial charge in [0.15, 0.2) is 0 Å². The predicted octanol–water partition coefficient (Wildman–Crippen LogP) is 2.23. The number of pyridine rings is 1. The van der Waals surface area contributed by atoms with Crippen molar-refractivity contribution in [2.24, 2.45) is 0 Å². The smallest absolute Gasteiger partial charge is 0.287 e. The summed E-state index contributed by atoms with van der Waals surface area (Å²) in [5.41, 5.74) is 2.46. The topological polar surface area (TPSA) is 59.8 Å². The van der Waals surface area contributed by atoms with Crippen LogP contribution in [-0.4, -0.2) is 14.8 Å². The van der Waals surface area contributed by atoms with Crippen molar-refractivity contribution in [3.05, 3.63) is 51.2 Å². The molecule has 2 rings (SSSR count). The lowest BCUT2D eigenvalue weighted by Gasteiger charge is -2.10. The lowest BCUT2D eigenvalue weighted by molar-refractivity contribution is 0.616. The van der Waals surface area contributed by atoms with Gasteiger partial charge < -0.3 is 5.32 Å². The van der Waals surface area contributed by atoms with Crippen LogP contribution in [-0.2, 0) is 13.1 Å². The Balaban J connectivity index is 2.19. The first-order valence-electron chi connectivity index (χ1n) is 6.02. The third-order valence-corrected chi connectivity index (χ3v) is 3.26. The summed E-state index contributed by atoms with van der Waals surface area (Å²) >= 11 is 6.03. The molecule has 0 amide bonds. The van der Waals surface area contributed by atoms with Gasteiger partial charge in [0.2, 0.25) is 0 Å². The molecule has 0 bridgehead atoms. The van der Waals surface area contributed by atoms with Crippen LogP contribution in [0.15, 0.2) is 29.5 Å². The van der Waals surface area contributed by atoms with Crippen LogP contribution in [0.25, 0.3) is 0 Å². The largest absolute Gasteiger partial charge is 0.378 e. The third-order valence-electron chi connectivity index (χ3n) is 2.89. The molecule has 0 aromatic carbocycles. The highest BCUT2D eigenvalue weighted by molar-refractivity contribution is 6.32. The molecule has 100 valence electrons. The number of halogens is 1. The Kier molecular flexibility index (Phi) is 4.16. The molecule has 0 aliphatic rings. The standard InChI is InChI=1S/C13H15ClN4O/c1-3-18-13(19)12(14)11(8-17-18)16-7-10-4-5-15-6-9(10)2/h4-6,8,16H,3,7H2,1-2H3. The summed E-state index contributed by atoms with van der Waals surface area (Å²) in [6, 6.07) is 1.93. The normalized spacial score (nSPS) is 10.5. The maximum atomic E-state index is 11.8. The fourth-order valence-corrected chi connectivity index (χ4v) is 1.92. The minimum Gasteiger partial charge on any atom is -0.378 e. The van der Waals surface area contributed by atoms with Crippen LogP contribution in [0.1, 0.15) is 18.1 Å². The second-order valence-electron chi connectivity index (χ2n) is 4.15. The molecule has 0 aliphatic carbocycles. The number of nitrogens with one attached hydrogen (secondary N) is 1. The van der Waals surface area contributed by atoms with Crippen LogP contribution in [0.4, 0.5) is 5.69 Å². The van der Waals surface area contributed by atoms with Crippen LogP contribution >= 0.6 is 11.6 Å². The highest BCUT2D eigenvalue weighted by Gasteiger charge is 2.08. The Morgan fingerprint density at radius 2 is 2.21 bits per heavy atom. The summed E-state index contributed by atoms with van der Waals surface area (Å²) in [5.74, 6) is 0. The van der Waals surface area contributed by atoms with E-state index in [1.165, 1.54) is 4.68 Å². The van der Waals surface area contributed by atoms with E-state index in [-0.39, 0.29) is 10.6 Å². The van der Waals surface area contributed by atoms with Gasteiger partial charge in [-0.05, 0) is 31.0 Å². The first-order valence-corrected chi connectivity index (χ1v) is 6.40. The molecule has 0 radical (unpaired) electrons. The summed E-state index contributed by atoms with van der Waals surface area (Å²) in [6.45, 7) is 4.91. The van der Waals surface area contributed by atoms with Gasteiger partial charge >= 0.3 is 0 Å². The van der Waals surface area contributed by atoms with Crippen molar-refractivity contribution in [3.8, 4) is 0 Å². The summed E-state index contributed by atoms with van der Waals surface area (Å²) in [6.07, 6.45) is 5.11. The molecule has 2 aromatic heterocycles. The molecule has 19 heavy (non-hydrogen) atoms. The molecule has 0 saturated heterocycles. The molecule has 1 N–H and O–H groups in total. The van der Waals surface area contributed by atoms with Crippen LogP contribution < -0.4 is 10.9 Å². The van der Waals surface area contributed by atoms with Gasteiger partial charge in [-0.15, -0.1) is 0 Å². The maximum Gasteiger partial charge on any atom is 0.287 e. The van der Waals surface area contributed by atoms with Crippen molar-refractivity contribution < 1.29 is 0 Å². The molecule has 0 unspecified atom stereocenters. The van der Waals surface area contributed by atoms with Crippen LogP contribution in [0.5, 0.6) is 0 Å². The predicted molar refractivity (Wildman–Crippen MR) is 75.5 cm³/mol. The highest BCUT2D eigenvalue weighted by Crippen LogP contribution is 2.17. The van der Waals surface area contributed by atoms with Crippen molar-refractivity contribution in [1.82, 2.24) is 14.8 Å². The third kappa shape index (κ3) is 2.93. The molecule has 2 aromatic rings. The quantitative estimate of drug-likeness (QED) is 0.932. The Labute approximate surface area is 116 Å². The first-order chi connectivity index (χ1) is 9.13. The van der Waals surface area contributed by atoms with Gasteiger partial charge in [-0.25, -0.2) is 4.68 Å². The van der Waals surface area contributed by atoms with Crippen molar-refractivity contribution in [2.75, 3.05) is 5.32 Å². The van der Waals surface area contributed by atoms with E-state index in [0.29, 0.717) is 18.8 Å². The number of rotatable bonds is 4. The van der Waals surface area contributed by atoms with Crippen molar-refractivity contribution in [2.45, 2.75) is 26.9 Å². The second-order valence-corrected chi connectivity index (χ2v) is 4.53. The van der Waals surface area contributed by atoms with E-state index >= 15 is 0 Å². The van der Waals surface area contributed by atoms with E-state index < -0.39 is 0 Å². The van der Waals surface area contributed by atoms with Crippen LogP contribution in [0.2, 0.25) is 5.02 Å². The summed E-state index contributed by atoms with van der Waals surface area (Å²) in [5, 5.41) is 7.33. The molecule has 6 heteroatoms. The zero-order chi connectivity index (χ0) is 13.8. The Morgan fingerprint density at radius 1 is 1.42 bits per heavy atom. The van der Waals surface area contributed by atoms with Crippen LogP contribution in [0, 0.1) is 6.92 Å². The summed E-state index contributed by atoms with van der Waals surface area (Å²) in [7, 11) is 0. The van der Waals surface area contributed by atoms with Gasteiger partial charge in [0.05, 0.1) is 11.9 Å². The van der Waals surface area contributed by atoms with E-state index in [4.69, 9.17) is 11.6 Å². The molecule has 0 atom stereocenters. The Hall–Kier alpha value is -1.88. The van der Waals surface area contributed by atoms with Gasteiger partial charge in [0, 0.05) is 25.5 Å². The monoisotopic (exact) mass is 278 g/mol. The average Bonchev–Trinajstić information content (AvgIpc) is 2.42. The number of aryl methyl sites for hydroxylation is 2. The zero-order valence-electron chi connectivity index (χ0n) is 10.9. The fourth-order valence-electron chi connectivity index (χ4n) is 1.70. The minimum absolute atomic E-state index is 0.170. The summed E-state index contributed by atoms with van der Waals surface area (Å²) < 4.78 is 1.32. The zero-order valence-corrected chi connectivity index (χ0v) is 11.6. The molecule has 0 saturated carbocycles. The highest BCUT2D eigenvalue weighted by atomic mass is 35.5. The number of aromatic nitrogens is 3. The molecule has 0 fully saturated rings. The van der Waals surface area contributed by atoms with Gasteiger partial charge in [-0.1, -0.05) is 11.6 Å². The Bertz CT molecular complexity index is 639. The van der Waals surface area contributed by atoms with Crippen molar-refractivity contribution >= 4 is 17.3 Å². The van der Waals surface area contributed by atoms with Gasteiger partial charge in [-0.2, -0.15) is 5.10 Å². The fraction of sp³-hybridized carbons (Fsp3) is 0.308. The SMILES string of the molecule is CCn1ncc(NCc2ccncc2C)c(Cl)c1=O. The van der Waals surface area contributed by atoms with Gasteiger partial charge in [-0.3, -0.25) is 9.78 Å². The van der Waals surface area contributed by atoms with E-state index in [9.17, 15) is 4.79 Å². The molecular weight excluding hydrogens is 264 g/mol. The lowest BCUT2D eigenvalue weighted by Crippen LogP contribution is -2.23. The van der Waals surface area contributed by atoms with Crippen LogP contribution in [0.3, 0.4) is 0 Å². The van der Waals surface area contributed by atoms with E-state index in [1.807, 2.05) is 19.9 Å². The molecule has 5 nitrogen and oxygen atoms in total. The number of nitrogens with zero attached hydrogens (tertiary/aromatic N) is 3. The Morgan fingerprint density at radius 3 is 2.89 bits per heavy atom. The number of hydrogen-bond acceptors (Lipinski definition) is 4. The number of hydrogen-bond donors (Lipinski definition) is 1. The molecular formula is C13H15ClN4O. The second kappa shape index (κ2) is 5.84. The molecule has 0 aliphatic heterocycles. The van der Waals surface area contributed by atoms with Gasteiger partial charge in [0.25, 0.3) is 5.56 Å².